The summed E-state index contributed by atoms with van der Waals surface area (Å²) in [5.74, 6) is 0. The number of rotatable bonds is 5. The Morgan fingerprint density at radius 1 is 1.41 bits per heavy atom. The fourth-order valence-corrected chi connectivity index (χ4v) is 2.29. The van der Waals surface area contributed by atoms with Gasteiger partial charge in [0.1, 0.15) is 6.04 Å². The molecule has 2 aromatic rings. The van der Waals surface area contributed by atoms with E-state index in [-0.39, 0.29) is 6.04 Å². The molecule has 4 heteroatoms. The molecule has 0 radical (unpaired) electrons. The molecule has 1 atom stereocenters. The number of pyridine rings is 1. The molecule has 0 saturated carbocycles. The molecule has 0 aliphatic rings. The van der Waals surface area contributed by atoms with Crippen LogP contribution < -0.4 is 5.32 Å². The number of thiophene rings is 1. The molecule has 2 heterocycles. The van der Waals surface area contributed by atoms with Gasteiger partial charge >= 0.3 is 0 Å². The second-order valence-corrected chi connectivity index (χ2v) is 4.66. The molecular formula is C13H13N3S. The maximum Gasteiger partial charge on any atom is 0.122 e. The molecule has 17 heavy (non-hydrogen) atoms. The summed E-state index contributed by atoms with van der Waals surface area (Å²) in [6.07, 6.45) is 4.39. The van der Waals surface area contributed by atoms with Crippen molar-refractivity contribution in [2.45, 2.75) is 12.5 Å². The van der Waals surface area contributed by atoms with Crippen molar-refractivity contribution in [3.63, 3.8) is 0 Å². The Morgan fingerprint density at radius 3 is 3.00 bits per heavy atom. The molecule has 0 aliphatic carbocycles. The van der Waals surface area contributed by atoms with Crippen LogP contribution in [0, 0.1) is 11.3 Å². The molecule has 0 fully saturated rings. The SMILES string of the molecule is N#CC(NCCc1cccs1)c1cccnc1. The first-order chi connectivity index (χ1) is 8.40. The Bertz CT molecular complexity index is 473. The Kier molecular flexibility index (Phi) is 4.25. The summed E-state index contributed by atoms with van der Waals surface area (Å²) in [6, 6.07) is 9.89. The van der Waals surface area contributed by atoms with Gasteiger partial charge in [0.15, 0.2) is 0 Å². The average molecular weight is 243 g/mol. The minimum absolute atomic E-state index is 0.274. The minimum atomic E-state index is -0.274. The van der Waals surface area contributed by atoms with E-state index >= 15 is 0 Å². The van der Waals surface area contributed by atoms with Crippen LogP contribution in [0.25, 0.3) is 0 Å². The van der Waals surface area contributed by atoms with Crippen LogP contribution in [0.5, 0.6) is 0 Å². The van der Waals surface area contributed by atoms with Gasteiger partial charge in [-0.1, -0.05) is 12.1 Å². The summed E-state index contributed by atoms with van der Waals surface area (Å²) in [4.78, 5) is 5.36. The van der Waals surface area contributed by atoms with Crippen molar-refractivity contribution in [3.8, 4) is 6.07 Å². The van der Waals surface area contributed by atoms with Gasteiger partial charge in [0.05, 0.1) is 6.07 Å². The van der Waals surface area contributed by atoms with Gasteiger partial charge in [-0.2, -0.15) is 5.26 Å². The minimum Gasteiger partial charge on any atom is -0.298 e. The van der Waals surface area contributed by atoms with E-state index in [9.17, 15) is 0 Å². The van der Waals surface area contributed by atoms with Crippen LogP contribution in [0.1, 0.15) is 16.5 Å². The molecule has 3 nitrogen and oxygen atoms in total. The van der Waals surface area contributed by atoms with Crippen LogP contribution in [-0.4, -0.2) is 11.5 Å². The summed E-state index contributed by atoms with van der Waals surface area (Å²) < 4.78 is 0. The smallest absolute Gasteiger partial charge is 0.122 e. The van der Waals surface area contributed by atoms with E-state index in [4.69, 9.17) is 5.26 Å². The highest BCUT2D eigenvalue weighted by molar-refractivity contribution is 7.09. The molecule has 0 bridgehead atoms. The lowest BCUT2D eigenvalue weighted by Gasteiger charge is -2.10. The zero-order valence-electron chi connectivity index (χ0n) is 9.34. The van der Waals surface area contributed by atoms with Crippen molar-refractivity contribution in [2.75, 3.05) is 6.54 Å². The van der Waals surface area contributed by atoms with Crippen molar-refractivity contribution < 1.29 is 0 Å². The number of nitriles is 1. The van der Waals surface area contributed by atoms with Crippen LogP contribution >= 0.6 is 11.3 Å². The van der Waals surface area contributed by atoms with Gasteiger partial charge in [-0.15, -0.1) is 11.3 Å². The molecule has 0 aliphatic heterocycles. The second kappa shape index (κ2) is 6.14. The molecule has 0 aromatic carbocycles. The van der Waals surface area contributed by atoms with Crippen molar-refractivity contribution in [2.24, 2.45) is 0 Å². The Labute approximate surface area is 105 Å². The van der Waals surface area contributed by atoms with Crippen molar-refractivity contribution in [3.05, 3.63) is 52.5 Å². The number of nitrogens with zero attached hydrogens (tertiary/aromatic N) is 2. The van der Waals surface area contributed by atoms with Crippen LogP contribution in [0.3, 0.4) is 0 Å². The second-order valence-electron chi connectivity index (χ2n) is 3.63. The van der Waals surface area contributed by atoms with Gasteiger partial charge in [-0.3, -0.25) is 10.3 Å². The zero-order chi connectivity index (χ0) is 11.9. The lowest BCUT2D eigenvalue weighted by atomic mass is 10.1. The van der Waals surface area contributed by atoms with Gasteiger partial charge in [-0.05, 0) is 23.9 Å². The number of aromatic nitrogens is 1. The summed E-state index contributed by atoms with van der Waals surface area (Å²) in [5, 5.41) is 14.4. The highest BCUT2D eigenvalue weighted by Gasteiger charge is 2.08. The van der Waals surface area contributed by atoms with Crippen molar-refractivity contribution in [1.29, 1.82) is 5.26 Å². The molecule has 2 aromatic heterocycles. The maximum atomic E-state index is 9.10. The molecular weight excluding hydrogens is 230 g/mol. The van der Waals surface area contributed by atoms with E-state index in [0.29, 0.717) is 0 Å². The van der Waals surface area contributed by atoms with Crippen molar-refractivity contribution in [1.82, 2.24) is 10.3 Å². The van der Waals surface area contributed by atoms with Crippen LogP contribution in [0.2, 0.25) is 0 Å². The molecule has 2 rings (SSSR count). The third kappa shape index (κ3) is 3.38. The fraction of sp³-hybridized carbons (Fsp3) is 0.231. The van der Waals surface area contributed by atoms with Gasteiger partial charge in [0.2, 0.25) is 0 Å². The summed E-state index contributed by atoms with van der Waals surface area (Å²) >= 11 is 1.74. The lowest BCUT2D eigenvalue weighted by molar-refractivity contribution is 0.630. The predicted molar refractivity (Wildman–Crippen MR) is 68.6 cm³/mol. The number of nitrogens with one attached hydrogen (secondary N) is 1. The van der Waals surface area contributed by atoms with Gasteiger partial charge < -0.3 is 0 Å². The topological polar surface area (TPSA) is 48.7 Å². The Hall–Kier alpha value is -1.70. The predicted octanol–water partition coefficient (Wildman–Crippen LogP) is 2.54. The summed E-state index contributed by atoms with van der Waals surface area (Å²) in [7, 11) is 0. The van der Waals surface area contributed by atoms with E-state index in [1.165, 1.54) is 4.88 Å². The monoisotopic (exact) mass is 243 g/mol. The lowest BCUT2D eigenvalue weighted by Crippen LogP contribution is -2.22. The van der Waals surface area contributed by atoms with Gasteiger partial charge in [-0.25, -0.2) is 0 Å². The van der Waals surface area contributed by atoms with E-state index in [0.717, 1.165) is 18.5 Å². The summed E-state index contributed by atoms with van der Waals surface area (Å²) in [5.41, 5.74) is 0.918. The highest BCUT2D eigenvalue weighted by atomic mass is 32.1. The Morgan fingerprint density at radius 2 is 2.35 bits per heavy atom. The third-order valence-electron chi connectivity index (χ3n) is 2.45. The Balaban J connectivity index is 1.87. The van der Waals surface area contributed by atoms with E-state index < -0.39 is 0 Å². The normalized spacial score (nSPS) is 11.9. The first kappa shape index (κ1) is 11.8. The quantitative estimate of drug-likeness (QED) is 0.878. The van der Waals surface area contributed by atoms with Gasteiger partial charge in [0, 0.05) is 29.4 Å². The van der Waals surface area contributed by atoms with Crippen molar-refractivity contribution >= 4 is 11.3 Å². The van der Waals surface area contributed by atoms with Crippen LogP contribution in [0.4, 0.5) is 0 Å². The largest absolute Gasteiger partial charge is 0.298 e. The fourth-order valence-electron chi connectivity index (χ4n) is 1.58. The maximum absolute atomic E-state index is 9.10. The highest BCUT2D eigenvalue weighted by Crippen LogP contribution is 2.11. The van der Waals surface area contributed by atoms with Crippen LogP contribution in [-0.2, 0) is 6.42 Å². The molecule has 1 N–H and O–H groups in total. The zero-order valence-corrected chi connectivity index (χ0v) is 10.2. The molecule has 0 spiro atoms. The number of hydrogen-bond acceptors (Lipinski definition) is 4. The molecule has 0 saturated heterocycles. The summed E-state index contributed by atoms with van der Waals surface area (Å²) in [6.45, 7) is 0.799. The molecule has 86 valence electrons. The van der Waals surface area contributed by atoms with E-state index in [1.807, 2.05) is 18.2 Å². The van der Waals surface area contributed by atoms with E-state index in [1.54, 1.807) is 23.7 Å². The van der Waals surface area contributed by atoms with Gasteiger partial charge in [0.25, 0.3) is 0 Å². The third-order valence-corrected chi connectivity index (χ3v) is 3.38. The first-order valence-corrected chi connectivity index (χ1v) is 6.33. The number of hydrogen-bond donors (Lipinski definition) is 1. The van der Waals surface area contributed by atoms with E-state index in [2.05, 4.69) is 27.8 Å². The average Bonchev–Trinajstić information content (AvgIpc) is 2.89. The van der Waals surface area contributed by atoms with Crippen LogP contribution in [0.15, 0.2) is 42.0 Å². The molecule has 0 amide bonds. The standard InChI is InChI=1S/C13H13N3S/c14-9-13(11-3-1-6-15-10-11)16-7-5-12-4-2-8-17-12/h1-4,6,8,10,13,16H,5,7H2. The first-order valence-electron chi connectivity index (χ1n) is 5.45. The molecule has 1 unspecified atom stereocenters.